The maximum absolute atomic E-state index is 12.3. The van der Waals surface area contributed by atoms with E-state index in [1.807, 2.05) is 35.7 Å². The van der Waals surface area contributed by atoms with E-state index >= 15 is 0 Å². The minimum absolute atomic E-state index is 0.240. The highest BCUT2D eigenvalue weighted by Crippen LogP contribution is 2.25. The molecule has 0 aliphatic heterocycles. The van der Waals surface area contributed by atoms with Gasteiger partial charge in [-0.3, -0.25) is 4.79 Å². The molecule has 0 saturated heterocycles. The van der Waals surface area contributed by atoms with Crippen LogP contribution in [0.15, 0.2) is 52.9 Å². The predicted octanol–water partition coefficient (Wildman–Crippen LogP) is 3.68. The van der Waals surface area contributed by atoms with Gasteiger partial charge in [-0.05, 0) is 18.2 Å². The van der Waals surface area contributed by atoms with Gasteiger partial charge in [-0.2, -0.15) is 5.10 Å². The number of amides is 1. The van der Waals surface area contributed by atoms with Crippen LogP contribution < -0.4 is 14.9 Å². The monoisotopic (exact) mass is 340 g/mol. The van der Waals surface area contributed by atoms with E-state index in [4.69, 9.17) is 9.47 Å². The topological polar surface area (TPSA) is 59.9 Å². The second-order valence-corrected chi connectivity index (χ2v) is 5.86. The van der Waals surface area contributed by atoms with Crippen LogP contribution in [0.5, 0.6) is 11.5 Å². The number of rotatable bonds is 5. The first kappa shape index (κ1) is 16.0. The lowest BCUT2D eigenvalue weighted by molar-refractivity contribution is 0.0957. The number of carbonyl (C=O) groups excluding carboxylic acids is 1. The number of benzene rings is 2. The van der Waals surface area contributed by atoms with Gasteiger partial charge in [0.2, 0.25) is 0 Å². The fraction of sp³-hybridized carbons (Fsp3) is 0.111. The molecule has 0 saturated carbocycles. The molecule has 1 aromatic heterocycles. The summed E-state index contributed by atoms with van der Waals surface area (Å²) in [5.41, 5.74) is 3.92. The first-order chi connectivity index (χ1) is 11.7. The van der Waals surface area contributed by atoms with Crippen molar-refractivity contribution in [1.82, 2.24) is 5.43 Å². The van der Waals surface area contributed by atoms with Crippen molar-refractivity contribution < 1.29 is 14.3 Å². The molecular weight excluding hydrogens is 324 g/mol. The fourth-order valence-electron chi connectivity index (χ4n) is 2.30. The van der Waals surface area contributed by atoms with E-state index in [0.29, 0.717) is 17.1 Å². The van der Waals surface area contributed by atoms with E-state index in [2.05, 4.69) is 10.5 Å². The Hall–Kier alpha value is -2.86. The SMILES string of the molecule is COc1ccc(C=NNC(=O)c2csc3ccccc23)c(OC)c1. The molecule has 1 heterocycles. The van der Waals surface area contributed by atoms with Crippen LogP contribution in [0.4, 0.5) is 0 Å². The third-order valence-corrected chi connectivity index (χ3v) is 4.50. The average molecular weight is 340 g/mol. The molecule has 0 radical (unpaired) electrons. The van der Waals surface area contributed by atoms with Gasteiger partial charge in [0, 0.05) is 27.1 Å². The number of hydrogen-bond donors (Lipinski definition) is 1. The first-order valence-corrected chi connectivity index (χ1v) is 8.12. The summed E-state index contributed by atoms with van der Waals surface area (Å²) in [6.07, 6.45) is 1.55. The van der Waals surface area contributed by atoms with Crippen LogP contribution in [0.25, 0.3) is 10.1 Å². The number of methoxy groups -OCH3 is 2. The largest absolute Gasteiger partial charge is 0.497 e. The number of fused-ring (bicyclic) bond motifs is 1. The van der Waals surface area contributed by atoms with Crippen LogP contribution in [0.2, 0.25) is 0 Å². The van der Waals surface area contributed by atoms with E-state index in [0.717, 1.165) is 15.6 Å². The van der Waals surface area contributed by atoms with Crippen molar-refractivity contribution in [1.29, 1.82) is 0 Å². The summed E-state index contributed by atoms with van der Waals surface area (Å²) in [4.78, 5) is 12.3. The van der Waals surface area contributed by atoms with Crippen molar-refractivity contribution in [2.45, 2.75) is 0 Å². The Morgan fingerprint density at radius 2 is 2.00 bits per heavy atom. The molecule has 24 heavy (non-hydrogen) atoms. The van der Waals surface area contributed by atoms with Gasteiger partial charge < -0.3 is 9.47 Å². The molecular formula is C18H16N2O3S. The summed E-state index contributed by atoms with van der Waals surface area (Å²) in [5, 5.41) is 6.79. The third kappa shape index (κ3) is 3.23. The van der Waals surface area contributed by atoms with E-state index in [-0.39, 0.29) is 5.91 Å². The van der Waals surface area contributed by atoms with E-state index in [1.165, 1.54) is 11.3 Å². The second-order valence-electron chi connectivity index (χ2n) is 4.95. The smallest absolute Gasteiger partial charge is 0.272 e. The standard InChI is InChI=1S/C18H16N2O3S/c1-22-13-8-7-12(16(9-13)23-2)10-19-20-18(21)15-11-24-17-6-4-3-5-14(15)17/h3-11H,1-2H3,(H,20,21). The molecule has 0 atom stereocenters. The Labute approximate surface area is 143 Å². The molecule has 3 rings (SSSR count). The lowest BCUT2D eigenvalue weighted by Crippen LogP contribution is -2.17. The highest BCUT2D eigenvalue weighted by molar-refractivity contribution is 7.17. The summed E-state index contributed by atoms with van der Waals surface area (Å²) in [6, 6.07) is 13.2. The normalized spacial score (nSPS) is 10.9. The number of carbonyl (C=O) groups is 1. The number of nitrogens with one attached hydrogen (secondary N) is 1. The van der Waals surface area contributed by atoms with Crippen LogP contribution in [0, 0.1) is 0 Å². The molecule has 3 aromatic rings. The van der Waals surface area contributed by atoms with Crippen molar-refractivity contribution in [3.05, 3.63) is 59.0 Å². The highest BCUT2D eigenvalue weighted by Gasteiger charge is 2.11. The van der Waals surface area contributed by atoms with Gasteiger partial charge in [0.15, 0.2) is 0 Å². The maximum Gasteiger partial charge on any atom is 0.272 e. The number of ether oxygens (including phenoxy) is 2. The van der Waals surface area contributed by atoms with Crippen LogP contribution in [0.1, 0.15) is 15.9 Å². The number of hydrazone groups is 1. The summed E-state index contributed by atoms with van der Waals surface area (Å²) >= 11 is 1.54. The Balaban J connectivity index is 1.75. The number of hydrogen-bond acceptors (Lipinski definition) is 5. The van der Waals surface area contributed by atoms with Gasteiger partial charge in [0.25, 0.3) is 5.91 Å². The molecule has 0 aliphatic carbocycles. The third-order valence-electron chi connectivity index (χ3n) is 3.54. The quantitative estimate of drug-likeness (QED) is 0.569. The Kier molecular flexibility index (Phi) is 4.77. The molecule has 6 heteroatoms. The number of nitrogens with zero attached hydrogens (tertiary/aromatic N) is 1. The zero-order valence-corrected chi connectivity index (χ0v) is 14.1. The molecule has 0 aliphatic rings. The molecule has 1 amide bonds. The lowest BCUT2D eigenvalue weighted by Gasteiger charge is -2.06. The molecule has 0 unspecified atom stereocenters. The van der Waals surface area contributed by atoms with Gasteiger partial charge in [-0.1, -0.05) is 18.2 Å². The zero-order valence-electron chi connectivity index (χ0n) is 13.3. The van der Waals surface area contributed by atoms with Crippen LogP contribution in [-0.2, 0) is 0 Å². The van der Waals surface area contributed by atoms with Crippen molar-refractivity contribution >= 4 is 33.5 Å². The predicted molar refractivity (Wildman–Crippen MR) is 96.4 cm³/mol. The minimum Gasteiger partial charge on any atom is -0.497 e. The molecule has 0 fully saturated rings. The fourth-order valence-corrected chi connectivity index (χ4v) is 3.24. The van der Waals surface area contributed by atoms with Crippen LogP contribution >= 0.6 is 11.3 Å². The summed E-state index contributed by atoms with van der Waals surface area (Å²) in [6.45, 7) is 0. The van der Waals surface area contributed by atoms with E-state index in [9.17, 15) is 4.79 Å². The summed E-state index contributed by atoms with van der Waals surface area (Å²) in [7, 11) is 3.16. The van der Waals surface area contributed by atoms with Crippen molar-refractivity contribution in [2.75, 3.05) is 14.2 Å². The highest BCUT2D eigenvalue weighted by atomic mass is 32.1. The average Bonchev–Trinajstić information content (AvgIpc) is 3.06. The summed E-state index contributed by atoms with van der Waals surface area (Å²) in [5.74, 6) is 1.07. The maximum atomic E-state index is 12.3. The van der Waals surface area contributed by atoms with Crippen molar-refractivity contribution in [2.24, 2.45) is 5.10 Å². The number of thiophene rings is 1. The van der Waals surface area contributed by atoms with Crippen molar-refractivity contribution in [3.63, 3.8) is 0 Å². The van der Waals surface area contributed by atoms with E-state index in [1.54, 1.807) is 32.6 Å². The van der Waals surface area contributed by atoms with Gasteiger partial charge in [0.1, 0.15) is 11.5 Å². The van der Waals surface area contributed by atoms with Crippen LogP contribution in [0.3, 0.4) is 0 Å². The van der Waals surface area contributed by atoms with E-state index < -0.39 is 0 Å². The van der Waals surface area contributed by atoms with Gasteiger partial charge in [-0.15, -0.1) is 11.3 Å². The van der Waals surface area contributed by atoms with Gasteiger partial charge in [-0.25, -0.2) is 5.43 Å². The zero-order chi connectivity index (χ0) is 16.9. The molecule has 122 valence electrons. The lowest BCUT2D eigenvalue weighted by atomic mass is 10.2. The second kappa shape index (κ2) is 7.14. The minimum atomic E-state index is -0.240. The molecule has 2 aromatic carbocycles. The van der Waals surface area contributed by atoms with Gasteiger partial charge in [0.05, 0.1) is 26.0 Å². The summed E-state index contributed by atoms with van der Waals surface area (Å²) < 4.78 is 11.5. The van der Waals surface area contributed by atoms with Crippen LogP contribution in [-0.4, -0.2) is 26.3 Å². The van der Waals surface area contributed by atoms with Crippen molar-refractivity contribution in [3.8, 4) is 11.5 Å². The Morgan fingerprint density at radius 1 is 1.17 bits per heavy atom. The van der Waals surface area contributed by atoms with Gasteiger partial charge >= 0.3 is 0 Å². The Morgan fingerprint density at radius 3 is 2.79 bits per heavy atom. The molecule has 5 nitrogen and oxygen atoms in total. The first-order valence-electron chi connectivity index (χ1n) is 7.24. The molecule has 0 spiro atoms. The molecule has 0 bridgehead atoms. The molecule has 1 N–H and O–H groups in total. The Bertz CT molecular complexity index is 902.